The van der Waals surface area contributed by atoms with E-state index >= 15 is 0 Å². The summed E-state index contributed by atoms with van der Waals surface area (Å²) in [7, 11) is 0. The standard InChI is InChI=1S/C17H28N2OS/c1-16(2,3)19-15(21)18-14(20)17-5-4-11-6-12(9-17)8-13(7-11)10-17/h11-13H,4-10H2,1-3H3,(H2,18,19,20,21)/t11?,12-,13-,17?/m1/s1. The van der Waals surface area contributed by atoms with Gasteiger partial charge < -0.3 is 10.6 Å². The number of carbonyl (C=O) groups is 1. The van der Waals surface area contributed by atoms with Crippen LogP contribution in [0.5, 0.6) is 0 Å². The molecule has 0 radical (unpaired) electrons. The molecule has 118 valence electrons. The van der Waals surface area contributed by atoms with Gasteiger partial charge in [-0.3, -0.25) is 4.79 Å². The molecule has 4 heteroatoms. The average Bonchev–Trinajstić information content (AvgIpc) is 2.52. The summed E-state index contributed by atoms with van der Waals surface area (Å²) in [6.45, 7) is 6.17. The van der Waals surface area contributed by atoms with Crippen LogP contribution >= 0.6 is 12.2 Å². The zero-order valence-electron chi connectivity index (χ0n) is 13.5. The number of nitrogens with one attached hydrogen (secondary N) is 2. The Bertz CT molecular complexity index is 440. The van der Waals surface area contributed by atoms with Crippen LogP contribution in [0.2, 0.25) is 0 Å². The number of fused-ring (bicyclic) bond motifs is 1. The first-order valence-corrected chi connectivity index (χ1v) is 8.80. The lowest BCUT2D eigenvalue weighted by Gasteiger charge is -2.44. The van der Waals surface area contributed by atoms with Crippen molar-refractivity contribution in [2.24, 2.45) is 23.2 Å². The number of hydrogen-bond acceptors (Lipinski definition) is 2. The minimum atomic E-state index is -0.136. The average molecular weight is 308 g/mol. The van der Waals surface area contributed by atoms with Gasteiger partial charge in [-0.15, -0.1) is 0 Å². The van der Waals surface area contributed by atoms with Gasteiger partial charge in [0.25, 0.3) is 0 Å². The molecule has 2 atom stereocenters. The SMILES string of the molecule is CC(C)(C)NC(=S)NC(=O)C12CCC3C[C@H](C[C@@H](C3)C1)C2. The van der Waals surface area contributed by atoms with Crippen molar-refractivity contribution in [3.63, 3.8) is 0 Å². The molecule has 0 aliphatic heterocycles. The molecular formula is C17H28N2OS. The lowest BCUT2D eigenvalue weighted by Crippen LogP contribution is -2.53. The summed E-state index contributed by atoms with van der Waals surface area (Å²) in [5, 5.41) is 6.68. The molecule has 4 fully saturated rings. The van der Waals surface area contributed by atoms with Gasteiger partial charge in [-0.05, 0) is 95.7 Å². The van der Waals surface area contributed by atoms with E-state index in [1.165, 1.54) is 25.7 Å². The highest BCUT2D eigenvalue weighted by atomic mass is 32.1. The molecule has 0 spiro atoms. The molecule has 1 amide bonds. The first-order chi connectivity index (χ1) is 9.76. The second kappa shape index (κ2) is 5.22. The Morgan fingerprint density at radius 1 is 1.10 bits per heavy atom. The third-order valence-corrected chi connectivity index (χ3v) is 5.79. The molecule has 4 bridgehead atoms. The van der Waals surface area contributed by atoms with E-state index in [9.17, 15) is 4.79 Å². The predicted molar refractivity (Wildman–Crippen MR) is 88.9 cm³/mol. The Hall–Kier alpha value is -0.640. The van der Waals surface area contributed by atoms with E-state index in [1.54, 1.807) is 0 Å². The highest BCUT2D eigenvalue weighted by molar-refractivity contribution is 7.80. The van der Waals surface area contributed by atoms with Gasteiger partial charge in [-0.25, -0.2) is 0 Å². The van der Waals surface area contributed by atoms with Crippen molar-refractivity contribution in [2.45, 2.75) is 71.3 Å². The van der Waals surface area contributed by atoms with Crippen LogP contribution in [-0.2, 0) is 4.79 Å². The van der Waals surface area contributed by atoms with Gasteiger partial charge >= 0.3 is 0 Å². The third kappa shape index (κ3) is 3.25. The lowest BCUT2D eigenvalue weighted by atomic mass is 9.61. The second-order valence-electron chi connectivity index (χ2n) is 8.69. The van der Waals surface area contributed by atoms with Crippen LogP contribution in [-0.4, -0.2) is 16.6 Å². The van der Waals surface area contributed by atoms with Crippen molar-refractivity contribution < 1.29 is 4.79 Å². The minimum absolute atomic E-state index is 0.109. The molecule has 21 heavy (non-hydrogen) atoms. The Morgan fingerprint density at radius 2 is 1.67 bits per heavy atom. The summed E-state index contributed by atoms with van der Waals surface area (Å²) < 4.78 is 0. The number of rotatable bonds is 1. The van der Waals surface area contributed by atoms with Crippen molar-refractivity contribution in [3.8, 4) is 0 Å². The van der Waals surface area contributed by atoms with Gasteiger partial charge in [0.15, 0.2) is 5.11 Å². The van der Waals surface area contributed by atoms with Crippen LogP contribution in [0.15, 0.2) is 0 Å². The second-order valence-corrected chi connectivity index (χ2v) is 9.10. The Balaban J connectivity index is 1.70. The van der Waals surface area contributed by atoms with Gasteiger partial charge in [0, 0.05) is 5.54 Å². The molecular weight excluding hydrogens is 280 g/mol. The Morgan fingerprint density at radius 3 is 2.24 bits per heavy atom. The summed E-state index contributed by atoms with van der Waals surface area (Å²) in [4.78, 5) is 12.9. The fourth-order valence-corrected chi connectivity index (χ4v) is 5.45. The zero-order chi connectivity index (χ0) is 15.3. The molecule has 0 aromatic rings. The zero-order valence-corrected chi connectivity index (χ0v) is 14.3. The Labute approximate surface area is 133 Å². The highest BCUT2D eigenvalue weighted by Gasteiger charge is 2.51. The lowest BCUT2D eigenvalue weighted by molar-refractivity contribution is -0.134. The van der Waals surface area contributed by atoms with E-state index in [2.05, 4.69) is 31.4 Å². The van der Waals surface area contributed by atoms with Crippen molar-refractivity contribution in [1.82, 2.24) is 10.6 Å². The quantitative estimate of drug-likeness (QED) is 0.730. The Kier molecular flexibility index (Phi) is 3.79. The van der Waals surface area contributed by atoms with Crippen LogP contribution in [0.3, 0.4) is 0 Å². The molecule has 0 saturated heterocycles. The van der Waals surface area contributed by atoms with Crippen molar-refractivity contribution >= 4 is 23.2 Å². The first kappa shape index (κ1) is 15.3. The van der Waals surface area contributed by atoms with Crippen LogP contribution in [0.4, 0.5) is 0 Å². The summed E-state index contributed by atoms with van der Waals surface area (Å²) in [6.07, 6.45) is 8.55. The number of thiocarbonyl (C=S) groups is 1. The molecule has 0 aromatic heterocycles. The van der Waals surface area contributed by atoms with Crippen LogP contribution < -0.4 is 10.6 Å². The normalized spacial score (nSPS) is 38.0. The van der Waals surface area contributed by atoms with E-state index in [0.29, 0.717) is 5.11 Å². The molecule has 4 aliphatic rings. The van der Waals surface area contributed by atoms with E-state index in [1.807, 2.05) is 0 Å². The van der Waals surface area contributed by atoms with Crippen LogP contribution in [0.25, 0.3) is 0 Å². The van der Waals surface area contributed by atoms with Gasteiger partial charge in [0.05, 0.1) is 5.41 Å². The van der Waals surface area contributed by atoms with Gasteiger partial charge in [0.2, 0.25) is 5.91 Å². The number of hydrogen-bond donors (Lipinski definition) is 2. The molecule has 2 N–H and O–H groups in total. The van der Waals surface area contributed by atoms with Crippen molar-refractivity contribution in [1.29, 1.82) is 0 Å². The molecule has 0 aromatic carbocycles. The van der Waals surface area contributed by atoms with Crippen molar-refractivity contribution in [2.75, 3.05) is 0 Å². The van der Waals surface area contributed by atoms with E-state index in [4.69, 9.17) is 12.2 Å². The minimum Gasteiger partial charge on any atom is -0.358 e. The summed E-state index contributed by atoms with van der Waals surface area (Å²) in [5.41, 5.74) is -0.245. The molecule has 0 unspecified atom stereocenters. The molecule has 0 heterocycles. The van der Waals surface area contributed by atoms with E-state index in [0.717, 1.165) is 37.0 Å². The third-order valence-electron chi connectivity index (χ3n) is 5.59. The smallest absolute Gasteiger partial charge is 0.232 e. The highest BCUT2D eigenvalue weighted by Crippen LogP contribution is 2.57. The van der Waals surface area contributed by atoms with Gasteiger partial charge in [-0.2, -0.15) is 0 Å². The molecule has 4 rings (SSSR count). The number of amides is 1. The largest absolute Gasteiger partial charge is 0.358 e. The van der Waals surface area contributed by atoms with Crippen LogP contribution in [0.1, 0.15) is 65.7 Å². The summed E-state index contributed by atoms with van der Waals surface area (Å²) in [6, 6.07) is 0. The maximum Gasteiger partial charge on any atom is 0.232 e. The summed E-state index contributed by atoms with van der Waals surface area (Å²) in [5.74, 6) is 2.62. The van der Waals surface area contributed by atoms with Crippen molar-refractivity contribution in [3.05, 3.63) is 0 Å². The topological polar surface area (TPSA) is 41.1 Å². The summed E-state index contributed by atoms with van der Waals surface area (Å²) >= 11 is 5.32. The fraction of sp³-hybridized carbons (Fsp3) is 0.882. The predicted octanol–water partition coefficient (Wildman–Crippen LogP) is 3.38. The molecule has 3 nitrogen and oxygen atoms in total. The molecule has 4 aliphatic carbocycles. The fourth-order valence-electron chi connectivity index (χ4n) is 5.05. The van der Waals surface area contributed by atoms with E-state index in [-0.39, 0.29) is 16.9 Å². The number of carbonyl (C=O) groups excluding carboxylic acids is 1. The molecule has 4 saturated carbocycles. The monoisotopic (exact) mass is 308 g/mol. The van der Waals surface area contributed by atoms with Gasteiger partial charge in [-0.1, -0.05) is 0 Å². The van der Waals surface area contributed by atoms with Gasteiger partial charge in [0.1, 0.15) is 0 Å². The van der Waals surface area contributed by atoms with Crippen LogP contribution in [0, 0.1) is 23.2 Å². The first-order valence-electron chi connectivity index (χ1n) is 8.39. The maximum atomic E-state index is 12.9. The maximum absolute atomic E-state index is 12.9. The van der Waals surface area contributed by atoms with E-state index < -0.39 is 0 Å².